The Morgan fingerprint density at radius 2 is 1.33 bits per heavy atom. The van der Waals surface area contributed by atoms with Crippen LogP contribution in [0.5, 0.6) is 0 Å². The molecule has 0 heterocycles. The van der Waals surface area contributed by atoms with Crippen molar-refractivity contribution >= 4 is 69.3 Å². The van der Waals surface area contributed by atoms with Gasteiger partial charge in [-0.2, -0.15) is 0 Å². The van der Waals surface area contributed by atoms with Gasteiger partial charge < -0.3 is 16.0 Å². The van der Waals surface area contributed by atoms with Gasteiger partial charge in [-0.05, 0) is 71.1 Å². The van der Waals surface area contributed by atoms with E-state index in [9.17, 15) is 14.4 Å². The Morgan fingerprint density at radius 1 is 0.667 bits per heavy atom. The van der Waals surface area contributed by atoms with Crippen LogP contribution in [0.2, 0.25) is 5.02 Å². The van der Waals surface area contributed by atoms with Crippen molar-refractivity contribution in [2.24, 2.45) is 0 Å². The molecule has 8 heteroatoms. The van der Waals surface area contributed by atoms with Crippen LogP contribution in [0.4, 0.5) is 11.4 Å². The Bertz CT molecular complexity index is 2100. The normalized spacial score (nSPS) is 11.8. The number of thioether (sulfide) groups is 1. The van der Waals surface area contributed by atoms with E-state index in [-0.39, 0.29) is 11.6 Å². The van der Waals surface area contributed by atoms with E-state index < -0.39 is 17.1 Å². The van der Waals surface area contributed by atoms with Crippen LogP contribution in [-0.2, 0) is 9.59 Å². The first-order chi connectivity index (χ1) is 23.4. The molecule has 1 atom stereocenters. The van der Waals surface area contributed by atoms with Gasteiger partial charge in [-0.3, -0.25) is 14.4 Å². The second-order valence-corrected chi connectivity index (χ2v) is 12.5. The lowest BCUT2D eigenvalue weighted by atomic mass is 10.1. The third-order valence-corrected chi connectivity index (χ3v) is 8.94. The Labute approximate surface area is 287 Å². The smallest absolute Gasteiger partial charge is 0.272 e. The van der Waals surface area contributed by atoms with Crippen LogP contribution in [0.3, 0.4) is 0 Å². The monoisotopic (exact) mass is 667 g/mol. The van der Waals surface area contributed by atoms with Gasteiger partial charge in [-0.25, -0.2) is 0 Å². The van der Waals surface area contributed by atoms with Crippen LogP contribution in [0.25, 0.3) is 16.8 Å². The first-order valence-corrected chi connectivity index (χ1v) is 16.4. The van der Waals surface area contributed by atoms with Crippen molar-refractivity contribution in [3.8, 4) is 0 Å². The molecule has 48 heavy (non-hydrogen) atoms. The number of rotatable bonds is 10. The summed E-state index contributed by atoms with van der Waals surface area (Å²) in [6.07, 6.45) is 1.59. The number of halogens is 1. The molecule has 0 spiro atoms. The SMILES string of the molecule is O=C(Nc1cccc(SC(C(=O)Nc2cccc3ccccc23)c2ccccc2)c1)/C(=C\c1ccc(Cl)cc1)NC(=O)c1ccccc1. The second kappa shape index (κ2) is 15.3. The lowest BCUT2D eigenvalue weighted by Gasteiger charge is -2.18. The second-order valence-electron chi connectivity index (χ2n) is 10.8. The van der Waals surface area contributed by atoms with Gasteiger partial charge in [-0.1, -0.05) is 115 Å². The number of hydrogen-bond acceptors (Lipinski definition) is 4. The highest BCUT2D eigenvalue weighted by atomic mass is 35.5. The van der Waals surface area contributed by atoms with Gasteiger partial charge >= 0.3 is 0 Å². The van der Waals surface area contributed by atoms with Crippen LogP contribution in [-0.4, -0.2) is 17.7 Å². The number of benzene rings is 6. The van der Waals surface area contributed by atoms with Crippen LogP contribution in [0, 0.1) is 0 Å². The zero-order valence-electron chi connectivity index (χ0n) is 25.6. The van der Waals surface area contributed by atoms with Gasteiger partial charge in [0.05, 0.1) is 0 Å². The summed E-state index contributed by atoms with van der Waals surface area (Å²) in [5.41, 5.74) is 3.23. The van der Waals surface area contributed by atoms with Crippen molar-refractivity contribution < 1.29 is 14.4 Å². The standard InChI is InChI=1S/C40H30ClN3O3S/c41-31-23-21-27(22-24-31)25-36(44-38(45)30-14-5-2-6-15-30)39(46)42-32-17-10-18-33(26-32)48-37(29-12-3-1-4-13-29)40(47)43-35-20-9-16-28-11-7-8-19-34(28)35/h1-26,37H,(H,42,46)(H,43,47)(H,44,45)/b36-25+. The molecule has 236 valence electrons. The van der Waals surface area contributed by atoms with E-state index in [0.717, 1.165) is 26.9 Å². The molecule has 6 aromatic rings. The summed E-state index contributed by atoms with van der Waals surface area (Å²) in [4.78, 5) is 41.3. The number of hydrogen-bond donors (Lipinski definition) is 3. The molecule has 1 unspecified atom stereocenters. The maximum Gasteiger partial charge on any atom is 0.272 e. The fourth-order valence-electron chi connectivity index (χ4n) is 5.08. The molecule has 3 amide bonds. The highest BCUT2D eigenvalue weighted by Crippen LogP contribution is 2.38. The third kappa shape index (κ3) is 8.20. The molecule has 0 radical (unpaired) electrons. The van der Waals surface area contributed by atoms with Gasteiger partial charge in [0.15, 0.2) is 0 Å². The Hall–Kier alpha value is -5.63. The van der Waals surface area contributed by atoms with Gasteiger partial charge in [0.1, 0.15) is 10.9 Å². The third-order valence-electron chi connectivity index (χ3n) is 7.44. The summed E-state index contributed by atoms with van der Waals surface area (Å²) in [6.45, 7) is 0. The van der Waals surface area contributed by atoms with Gasteiger partial charge in [0.25, 0.3) is 11.8 Å². The summed E-state index contributed by atoms with van der Waals surface area (Å²) in [7, 11) is 0. The minimum atomic E-state index is -0.582. The molecule has 0 saturated carbocycles. The Balaban J connectivity index is 1.24. The molecule has 0 saturated heterocycles. The Kier molecular flexibility index (Phi) is 10.3. The predicted octanol–water partition coefficient (Wildman–Crippen LogP) is 9.37. The molecular weight excluding hydrogens is 638 g/mol. The van der Waals surface area contributed by atoms with Gasteiger partial charge in [0, 0.05) is 32.2 Å². The molecule has 0 aliphatic carbocycles. The van der Waals surface area contributed by atoms with E-state index in [4.69, 9.17) is 11.6 Å². The Morgan fingerprint density at radius 3 is 2.10 bits per heavy atom. The summed E-state index contributed by atoms with van der Waals surface area (Å²) >= 11 is 7.43. The minimum absolute atomic E-state index is 0.0564. The van der Waals surface area contributed by atoms with Crippen molar-refractivity contribution in [2.45, 2.75) is 10.1 Å². The molecule has 6 aromatic carbocycles. The van der Waals surface area contributed by atoms with Crippen LogP contribution in [0.1, 0.15) is 26.7 Å². The van der Waals surface area contributed by atoms with Crippen LogP contribution < -0.4 is 16.0 Å². The van der Waals surface area contributed by atoms with Crippen molar-refractivity contribution in [1.82, 2.24) is 5.32 Å². The van der Waals surface area contributed by atoms with Crippen molar-refractivity contribution in [2.75, 3.05) is 10.6 Å². The maximum absolute atomic E-state index is 13.9. The van der Waals surface area contributed by atoms with Gasteiger partial charge in [-0.15, -0.1) is 11.8 Å². The molecule has 0 aliphatic rings. The highest BCUT2D eigenvalue weighted by molar-refractivity contribution is 8.00. The topological polar surface area (TPSA) is 87.3 Å². The number of nitrogens with one attached hydrogen (secondary N) is 3. The van der Waals surface area contributed by atoms with Crippen molar-refractivity contribution in [3.63, 3.8) is 0 Å². The molecule has 0 aromatic heterocycles. The molecular formula is C40H30ClN3O3S. The van der Waals surface area contributed by atoms with E-state index >= 15 is 0 Å². The zero-order chi connectivity index (χ0) is 33.3. The van der Waals surface area contributed by atoms with Gasteiger partial charge in [0.2, 0.25) is 5.91 Å². The quantitative estimate of drug-likeness (QED) is 0.100. The first kappa shape index (κ1) is 32.3. The molecule has 6 rings (SSSR count). The van der Waals surface area contributed by atoms with Crippen LogP contribution in [0.15, 0.2) is 162 Å². The lowest BCUT2D eigenvalue weighted by Crippen LogP contribution is -2.30. The predicted molar refractivity (Wildman–Crippen MR) is 196 cm³/mol. The number of carbonyl (C=O) groups is 3. The highest BCUT2D eigenvalue weighted by Gasteiger charge is 2.23. The molecule has 0 fully saturated rings. The fourth-order valence-corrected chi connectivity index (χ4v) is 6.29. The molecule has 3 N–H and O–H groups in total. The zero-order valence-corrected chi connectivity index (χ0v) is 27.2. The number of amides is 3. The van der Waals surface area contributed by atoms with Crippen molar-refractivity contribution in [1.29, 1.82) is 0 Å². The number of carbonyl (C=O) groups excluding carboxylic acids is 3. The molecule has 0 aliphatic heterocycles. The first-order valence-electron chi connectivity index (χ1n) is 15.2. The summed E-state index contributed by atoms with van der Waals surface area (Å²) in [6, 6.07) is 46.2. The lowest BCUT2D eigenvalue weighted by molar-refractivity contribution is -0.116. The minimum Gasteiger partial charge on any atom is -0.324 e. The summed E-state index contributed by atoms with van der Waals surface area (Å²) in [5.74, 6) is -1.10. The largest absolute Gasteiger partial charge is 0.324 e. The van der Waals surface area contributed by atoms with E-state index in [1.165, 1.54) is 11.8 Å². The number of anilines is 2. The van der Waals surface area contributed by atoms with Crippen LogP contribution >= 0.6 is 23.4 Å². The van der Waals surface area contributed by atoms with E-state index in [1.807, 2.05) is 97.1 Å². The molecule has 0 bridgehead atoms. The fraction of sp³-hybridized carbons (Fsp3) is 0.0250. The maximum atomic E-state index is 13.9. The van der Waals surface area contributed by atoms with E-state index in [2.05, 4.69) is 16.0 Å². The average Bonchev–Trinajstić information content (AvgIpc) is 3.12. The van der Waals surface area contributed by atoms with Crippen molar-refractivity contribution in [3.05, 3.63) is 179 Å². The number of fused-ring (bicyclic) bond motifs is 1. The average molecular weight is 668 g/mol. The summed E-state index contributed by atoms with van der Waals surface area (Å²) < 4.78 is 0. The van der Waals surface area contributed by atoms with E-state index in [1.54, 1.807) is 60.7 Å². The summed E-state index contributed by atoms with van der Waals surface area (Å²) in [5, 5.41) is 10.8. The van der Waals surface area contributed by atoms with E-state index in [0.29, 0.717) is 21.8 Å². The molecule has 6 nitrogen and oxygen atoms in total.